The molecule has 0 aromatic heterocycles. The van der Waals surface area contributed by atoms with Crippen LogP contribution >= 0.6 is 11.6 Å². The van der Waals surface area contributed by atoms with Gasteiger partial charge in [0.15, 0.2) is 0 Å². The second-order valence-electron chi connectivity index (χ2n) is 7.52. The zero-order chi connectivity index (χ0) is 18.6. The number of hydrogen-bond donors (Lipinski definition) is 1. The molecule has 1 heterocycles. The number of aliphatic hydroxyl groups is 1. The third kappa shape index (κ3) is 5.23. The Balaban J connectivity index is 1.55. The first-order chi connectivity index (χ1) is 12.4. The summed E-state index contributed by atoms with van der Waals surface area (Å²) < 4.78 is 5.92. The van der Waals surface area contributed by atoms with Gasteiger partial charge in [-0.25, -0.2) is 0 Å². The predicted octanol–water partition coefficient (Wildman–Crippen LogP) is 4.75. The molecule has 1 saturated heterocycles. The fraction of sp³-hybridized carbons (Fsp3) is 0.455. The number of rotatable bonds is 5. The monoisotopic (exact) mass is 373 g/mol. The average Bonchev–Trinajstić information content (AvgIpc) is 2.78. The normalized spacial score (nSPS) is 21.4. The van der Waals surface area contributed by atoms with Crippen molar-refractivity contribution >= 4 is 11.6 Å². The molecule has 2 aromatic rings. The van der Waals surface area contributed by atoms with Crippen LogP contribution in [0, 0.1) is 13.8 Å². The summed E-state index contributed by atoms with van der Waals surface area (Å²) in [4.78, 5) is 2.39. The van der Waals surface area contributed by atoms with Crippen molar-refractivity contribution in [1.82, 2.24) is 4.90 Å². The van der Waals surface area contributed by atoms with E-state index in [4.69, 9.17) is 16.3 Å². The molecular weight excluding hydrogens is 346 g/mol. The number of nitrogens with zero attached hydrogens (tertiary/aromatic N) is 1. The lowest BCUT2D eigenvalue weighted by atomic mass is 9.96. The summed E-state index contributed by atoms with van der Waals surface area (Å²) in [6.07, 6.45) is 2.45. The van der Waals surface area contributed by atoms with Crippen molar-refractivity contribution in [3.05, 3.63) is 64.2 Å². The number of hydrogen-bond acceptors (Lipinski definition) is 3. The van der Waals surface area contributed by atoms with Gasteiger partial charge in [0.1, 0.15) is 12.4 Å². The van der Waals surface area contributed by atoms with Crippen molar-refractivity contribution in [3.63, 3.8) is 0 Å². The molecule has 3 nitrogen and oxygen atoms in total. The van der Waals surface area contributed by atoms with E-state index in [2.05, 4.69) is 30.9 Å². The molecule has 1 atom stereocenters. The Kier molecular flexibility index (Phi) is 6.23. The van der Waals surface area contributed by atoms with Gasteiger partial charge in [-0.15, -0.1) is 0 Å². The summed E-state index contributed by atoms with van der Waals surface area (Å²) in [5.41, 5.74) is 2.92. The maximum absolute atomic E-state index is 11.0. The van der Waals surface area contributed by atoms with E-state index in [1.807, 2.05) is 30.3 Å². The molecular formula is C22H28ClNO2. The van der Waals surface area contributed by atoms with Gasteiger partial charge in [-0.3, -0.25) is 4.90 Å². The molecule has 0 aliphatic carbocycles. The molecule has 140 valence electrons. The van der Waals surface area contributed by atoms with E-state index < -0.39 is 5.60 Å². The Morgan fingerprint density at radius 1 is 1.08 bits per heavy atom. The van der Waals surface area contributed by atoms with Crippen LogP contribution in [0.25, 0.3) is 0 Å². The van der Waals surface area contributed by atoms with Gasteiger partial charge in [-0.05, 0) is 80.6 Å². The molecule has 0 bridgehead atoms. The second-order valence-corrected chi connectivity index (χ2v) is 7.96. The molecule has 0 radical (unpaired) electrons. The van der Waals surface area contributed by atoms with Gasteiger partial charge in [0.25, 0.3) is 0 Å². The van der Waals surface area contributed by atoms with E-state index in [9.17, 15) is 5.11 Å². The molecule has 0 amide bonds. The van der Waals surface area contributed by atoms with Crippen LogP contribution in [-0.2, 0) is 6.54 Å². The van der Waals surface area contributed by atoms with E-state index in [-0.39, 0.29) is 0 Å². The number of ether oxygens (including phenoxy) is 1. The summed E-state index contributed by atoms with van der Waals surface area (Å²) in [5.74, 6) is 0.835. The van der Waals surface area contributed by atoms with Gasteiger partial charge < -0.3 is 9.84 Å². The van der Waals surface area contributed by atoms with Crippen LogP contribution < -0.4 is 4.74 Å². The highest BCUT2D eigenvalue weighted by Crippen LogP contribution is 2.26. The summed E-state index contributed by atoms with van der Waals surface area (Å²) in [6.45, 7) is 7.23. The Hall–Kier alpha value is -1.55. The van der Waals surface area contributed by atoms with E-state index in [0.717, 1.165) is 49.7 Å². The molecule has 1 aliphatic heterocycles. The lowest BCUT2D eigenvalue weighted by Gasteiger charge is -2.27. The minimum Gasteiger partial charge on any atom is -0.491 e. The van der Waals surface area contributed by atoms with Crippen LogP contribution in [0.5, 0.6) is 5.75 Å². The fourth-order valence-corrected chi connectivity index (χ4v) is 3.66. The Morgan fingerprint density at radius 2 is 1.92 bits per heavy atom. The van der Waals surface area contributed by atoms with Crippen molar-refractivity contribution in [2.24, 2.45) is 0 Å². The van der Waals surface area contributed by atoms with Crippen LogP contribution in [0.1, 0.15) is 36.0 Å². The highest BCUT2D eigenvalue weighted by molar-refractivity contribution is 6.30. The van der Waals surface area contributed by atoms with E-state index >= 15 is 0 Å². The first-order valence-electron chi connectivity index (χ1n) is 9.33. The molecule has 4 heteroatoms. The van der Waals surface area contributed by atoms with E-state index in [1.165, 1.54) is 16.7 Å². The summed E-state index contributed by atoms with van der Waals surface area (Å²) in [6, 6.07) is 14.1. The van der Waals surface area contributed by atoms with Gasteiger partial charge in [0.2, 0.25) is 0 Å². The Labute approximate surface area is 161 Å². The maximum Gasteiger partial charge on any atom is 0.119 e. The predicted molar refractivity (Wildman–Crippen MR) is 107 cm³/mol. The zero-order valence-electron chi connectivity index (χ0n) is 15.7. The summed E-state index contributed by atoms with van der Waals surface area (Å²) in [7, 11) is 0. The largest absolute Gasteiger partial charge is 0.491 e. The first-order valence-corrected chi connectivity index (χ1v) is 9.71. The van der Waals surface area contributed by atoms with Crippen molar-refractivity contribution in [2.45, 2.75) is 45.3 Å². The van der Waals surface area contributed by atoms with E-state index in [0.29, 0.717) is 6.61 Å². The minimum absolute atomic E-state index is 0.348. The standard InChI is InChI=1S/C22H28ClNO2/c1-17-7-8-21(13-18(17)2)26-16-22(25)9-4-11-24(12-10-22)15-19-5-3-6-20(23)14-19/h3,5-8,13-14,25H,4,9-12,15-16H2,1-2H3. The van der Waals surface area contributed by atoms with Crippen molar-refractivity contribution < 1.29 is 9.84 Å². The first kappa shape index (κ1) is 19.2. The molecule has 1 aliphatic rings. The zero-order valence-corrected chi connectivity index (χ0v) is 16.4. The minimum atomic E-state index is -0.762. The number of likely N-dealkylation sites (tertiary alicyclic amines) is 1. The third-order valence-electron chi connectivity index (χ3n) is 5.29. The van der Waals surface area contributed by atoms with Crippen LogP contribution in [0.15, 0.2) is 42.5 Å². The topological polar surface area (TPSA) is 32.7 Å². The third-order valence-corrected chi connectivity index (χ3v) is 5.53. The maximum atomic E-state index is 11.0. The Bertz CT molecular complexity index is 749. The highest BCUT2D eigenvalue weighted by atomic mass is 35.5. The van der Waals surface area contributed by atoms with Crippen LogP contribution in [0.3, 0.4) is 0 Å². The van der Waals surface area contributed by atoms with Crippen LogP contribution in [-0.4, -0.2) is 35.3 Å². The van der Waals surface area contributed by atoms with Crippen LogP contribution in [0.2, 0.25) is 5.02 Å². The van der Waals surface area contributed by atoms with Gasteiger partial charge in [0, 0.05) is 18.1 Å². The molecule has 2 aromatic carbocycles. The van der Waals surface area contributed by atoms with E-state index in [1.54, 1.807) is 0 Å². The van der Waals surface area contributed by atoms with Crippen molar-refractivity contribution in [2.75, 3.05) is 19.7 Å². The average molecular weight is 374 g/mol. The molecule has 1 fully saturated rings. The highest BCUT2D eigenvalue weighted by Gasteiger charge is 2.31. The van der Waals surface area contributed by atoms with Gasteiger partial charge >= 0.3 is 0 Å². The summed E-state index contributed by atoms with van der Waals surface area (Å²) >= 11 is 6.09. The van der Waals surface area contributed by atoms with Gasteiger partial charge in [-0.1, -0.05) is 29.8 Å². The molecule has 26 heavy (non-hydrogen) atoms. The quantitative estimate of drug-likeness (QED) is 0.820. The second kappa shape index (κ2) is 8.43. The Morgan fingerprint density at radius 3 is 2.69 bits per heavy atom. The van der Waals surface area contributed by atoms with Crippen LogP contribution in [0.4, 0.5) is 0 Å². The number of aryl methyl sites for hydroxylation is 2. The van der Waals surface area contributed by atoms with Gasteiger partial charge in [-0.2, -0.15) is 0 Å². The van der Waals surface area contributed by atoms with Gasteiger partial charge in [0.05, 0.1) is 5.60 Å². The molecule has 3 rings (SSSR count). The molecule has 0 spiro atoms. The molecule has 1 N–H and O–H groups in total. The smallest absolute Gasteiger partial charge is 0.119 e. The van der Waals surface area contributed by atoms with Crippen molar-refractivity contribution in [1.29, 1.82) is 0 Å². The van der Waals surface area contributed by atoms with Crippen molar-refractivity contribution in [3.8, 4) is 5.75 Å². The number of halogens is 1. The fourth-order valence-electron chi connectivity index (χ4n) is 3.45. The molecule has 1 unspecified atom stereocenters. The summed E-state index contributed by atoms with van der Waals surface area (Å²) in [5, 5.41) is 11.8. The molecule has 0 saturated carbocycles. The lowest BCUT2D eigenvalue weighted by molar-refractivity contribution is -0.0168. The number of benzene rings is 2. The lowest BCUT2D eigenvalue weighted by Crippen LogP contribution is -2.37. The SMILES string of the molecule is Cc1ccc(OCC2(O)CCCN(Cc3cccc(Cl)c3)CC2)cc1C.